The van der Waals surface area contributed by atoms with Gasteiger partial charge in [0.05, 0.1) is 0 Å². The van der Waals surface area contributed by atoms with Crippen LogP contribution in [0.3, 0.4) is 0 Å². The van der Waals surface area contributed by atoms with Crippen molar-refractivity contribution in [2.24, 2.45) is 11.8 Å². The predicted molar refractivity (Wildman–Crippen MR) is 116 cm³/mol. The van der Waals surface area contributed by atoms with Crippen LogP contribution in [-0.4, -0.2) is 62.9 Å². The molecule has 2 N–H and O–H groups in total. The Kier molecular flexibility index (Phi) is 7.75. The van der Waals surface area contributed by atoms with Crippen LogP contribution in [-0.2, 0) is 12.8 Å². The standard InChI is InChI=1S/C22H42N6/c1-17-14-18(2)16-26(15-17)12-6-10-21-24-25-22(28(21)23)11-7-13-27-19(3)8-5-9-20(27)4/h17-20H,5-16,23H2,1-4H3. The minimum Gasteiger partial charge on any atom is -0.336 e. The summed E-state index contributed by atoms with van der Waals surface area (Å²) in [5.41, 5.74) is 0. The molecular weight excluding hydrogens is 348 g/mol. The highest BCUT2D eigenvalue weighted by Gasteiger charge is 2.24. The maximum absolute atomic E-state index is 6.30. The van der Waals surface area contributed by atoms with E-state index in [1.165, 1.54) is 38.8 Å². The number of piperidine rings is 2. The molecule has 0 bridgehead atoms. The Morgan fingerprint density at radius 2 is 1.39 bits per heavy atom. The molecule has 0 amide bonds. The van der Waals surface area contributed by atoms with E-state index in [0.29, 0.717) is 12.1 Å². The highest BCUT2D eigenvalue weighted by Crippen LogP contribution is 2.23. The molecule has 4 unspecified atom stereocenters. The van der Waals surface area contributed by atoms with E-state index < -0.39 is 0 Å². The summed E-state index contributed by atoms with van der Waals surface area (Å²) in [4.78, 5) is 5.26. The summed E-state index contributed by atoms with van der Waals surface area (Å²) < 4.78 is 1.75. The molecule has 3 rings (SSSR count). The highest BCUT2D eigenvalue weighted by molar-refractivity contribution is 4.97. The average molecular weight is 391 g/mol. The molecule has 1 aromatic rings. The summed E-state index contributed by atoms with van der Waals surface area (Å²) in [5, 5.41) is 8.76. The second-order valence-corrected chi connectivity index (χ2v) is 9.68. The Hall–Kier alpha value is -1.14. The van der Waals surface area contributed by atoms with Gasteiger partial charge in [-0.15, -0.1) is 10.2 Å². The quantitative estimate of drug-likeness (QED) is 0.691. The van der Waals surface area contributed by atoms with E-state index in [-0.39, 0.29) is 0 Å². The summed E-state index contributed by atoms with van der Waals surface area (Å²) in [7, 11) is 0. The molecule has 2 aliphatic heterocycles. The Morgan fingerprint density at radius 1 is 0.857 bits per heavy atom. The van der Waals surface area contributed by atoms with Crippen molar-refractivity contribution in [3.05, 3.63) is 11.6 Å². The molecule has 0 saturated carbocycles. The first-order chi connectivity index (χ1) is 13.4. The van der Waals surface area contributed by atoms with Crippen molar-refractivity contribution < 1.29 is 0 Å². The van der Waals surface area contributed by atoms with Crippen LogP contribution in [0.2, 0.25) is 0 Å². The molecule has 0 spiro atoms. The first kappa shape index (κ1) is 21.6. The summed E-state index contributed by atoms with van der Waals surface area (Å²) >= 11 is 0. The molecule has 1 aromatic heterocycles. The molecular formula is C22H42N6. The fraction of sp³-hybridized carbons (Fsp3) is 0.909. The molecule has 2 saturated heterocycles. The second-order valence-electron chi connectivity index (χ2n) is 9.68. The number of aryl methyl sites for hydroxylation is 2. The van der Waals surface area contributed by atoms with Crippen molar-refractivity contribution in [1.29, 1.82) is 0 Å². The molecule has 6 heteroatoms. The predicted octanol–water partition coefficient (Wildman–Crippen LogP) is 3.10. The summed E-state index contributed by atoms with van der Waals surface area (Å²) in [6, 6.07) is 1.41. The average Bonchev–Trinajstić information content (AvgIpc) is 2.97. The van der Waals surface area contributed by atoms with E-state index in [2.05, 4.69) is 47.7 Å². The summed E-state index contributed by atoms with van der Waals surface area (Å²) in [5.74, 6) is 9.82. The Bertz CT molecular complexity index is 580. The maximum Gasteiger partial charge on any atom is 0.151 e. The number of aromatic nitrogens is 3. The van der Waals surface area contributed by atoms with Gasteiger partial charge in [0.2, 0.25) is 0 Å². The topological polar surface area (TPSA) is 63.2 Å². The van der Waals surface area contributed by atoms with Gasteiger partial charge in [0.1, 0.15) is 0 Å². The number of hydrogen-bond donors (Lipinski definition) is 1. The summed E-state index contributed by atoms with van der Waals surface area (Å²) in [6.45, 7) is 14.2. The molecule has 2 aliphatic rings. The SMILES string of the molecule is CC1CC(C)CN(CCCc2nnc(CCCN3C(C)CCCC3C)n2N)C1. The molecule has 3 heterocycles. The van der Waals surface area contributed by atoms with Crippen molar-refractivity contribution in [3.8, 4) is 0 Å². The first-order valence-electron chi connectivity index (χ1n) is 11.6. The second kappa shape index (κ2) is 10.1. The van der Waals surface area contributed by atoms with Gasteiger partial charge in [0.15, 0.2) is 11.6 Å². The molecule has 6 nitrogen and oxygen atoms in total. The fourth-order valence-electron chi connectivity index (χ4n) is 5.47. The third kappa shape index (κ3) is 5.69. The van der Waals surface area contributed by atoms with Gasteiger partial charge in [-0.2, -0.15) is 0 Å². The van der Waals surface area contributed by atoms with E-state index in [1.54, 1.807) is 4.68 Å². The van der Waals surface area contributed by atoms with E-state index in [9.17, 15) is 0 Å². The zero-order chi connectivity index (χ0) is 20.1. The van der Waals surface area contributed by atoms with E-state index in [1.807, 2.05) is 0 Å². The van der Waals surface area contributed by atoms with Crippen molar-refractivity contribution in [2.75, 3.05) is 32.0 Å². The first-order valence-corrected chi connectivity index (χ1v) is 11.6. The number of nitrogen functional groups attached to an aromatic ring is 1. The monoisotopic (exact) mass is 390 g/mol. The van der Waals surface area contributed by atoms with Gasteiger partial charge in [-0.05, 0) is 70.9 Å². The zero-order valence-electron chi connectivity index (χ0n) is 18.6. The molecule has 160 valence electrons. The Labute approximate surface area is 171 Å². The van der Waals surface area contributed by atoms with Crippen LogP contribution in [0.5, 0.6) is 0 Å². The minimum atomic E-state index is 0.704. The van der Waals surface area contributed by atoms with Crippen LogP contribution in [0.25, 0.3) is 0 Å². The van der Waals surface area contributed by atoms with Crippen molar-refractivity contribution in [3.63, 3.8) is 0 Å². The lowest BCUT2D eigenvalue weighted by Gasteiger charge is -2.39. The number of likely N-dealkylation sites (tertiary alicyclic amines) is 2. The molecule has 0 aromatic carbocycles. The number of nitrogens with zero attached hydrogens (tertiary/aromatic N) is 5. The van der Waals surface area contributed by atoms with Gasteiger partial charge >= 0.3 is 0 Å². The van der Waals surface area contributed by atoms with Crippen LogP contribution in [0.4, 0.5) is 0 Å². The van der Waals surface area contributed by atoms with Gasteiger partial charge in [-0.25, -0.2) is 4.68 Å². The Morgan fingerprint density at radius 3 is 1.96 bits per heavy atom. The Balaban J connectivity index is 1.41. The number of rotatable bonds is 8. The van der Waals surface area contributed by atoms with E-state index in [4.69, 9.17) is 5.84 Å². The van der Waals surface area contributed by atoms with Crippen molar-refractivity contribution in [1.82, 2.24) is 24.7 Å². The lowest BCUT2D eigenvalue weighted by molar-refractivity contribution is 0.102. The van der Waals surface area contributed by atoms with Gasteiger partial charge < -0.3 is 10.7 Å². The molecule has 2 fully saturated rings. The molecule has 0 radical (unpaired) electrons. The number of nitrogens with two attached hydrogens (primary N) is 1. The van der Waals surface area contributed by atoms with Crippen LogP contribution in [0.1, 0.15) is 77.9 Å². The molecule has 0 aliphatic carbocycles. The minimum absolute atomic E-state index is 0.704. The smallest absolute Gasteiger partial charge is 0.151 e. The third-order valence-electron chi connectivity index (χ3n) is 6.85. The zero-order valence-corrected chi connectivity index (χ0v) is 18.6. The van der Waals surface area contributed by atoms with E-state index in [0.717, 1.165) is 62.3 Å². The highest BCUT2D eigenvalue weighted by atomic mass is 15.4. The third-order valence-corrected chi connectivity index (χ3v) is 6.85. The summed E-state index contributed by atoms with van der Waals surface area (Å²) in [6.07, 6.45) is 9.45. The van der Waals surface area contributed by atoms with Crippen LogP contribution < -0.4 is 5.84 Å². The fourth-order valence-corrected chi connectivity index (χ4v) is 5.47. The van der Waals surface area contributed by atoms with Crippen LogP contribution in [0.15, 0.2) is 0 Å². The van der Waals surface area contributed by atoms with Crippen molar-refractivity contribution in [2.45, 2.75) is 91.1 Å². The maximum atomic E-state index is 6.30. The van der Waals surface area contributed by atoms with Gasteiger partial charge in [0.25, 0.3) is 0 Å². The normalized spacial score (nSPS) is 30.0. The van der Waals surface area contributed by atoms with Crippen LogP contribution >= 0.6 is 0 Å². The van der Waals surface area contributed by atoms with Crippen LogP contribution in [0, 0.1) is 11.8 Å². The van der Waals surface area contributed by atoms with Gasteiger partial charge in [-0.1, -0.05) is 20.3 Å². The largest absolute Gasteiger partial charge is 0.336 e. The molecule has 4 atom stereocenters. The van der Waals surface area contributed by atoms with E-state index >= 15 is 0 Å². The number of hydrogen-bond acceptors (Lipinski definition) is 5. The lowest BCUT2D eigenvalue weighted by atomic mass is 9.92. The van der Waals surface area contributed by atoms with Crippen molar-refractivity contribution >= 4 is 0 Å². The van der Waals surface area contributed by atoms with Gasteiger partial charge in [0, 0.05) is 38.0 Å². The lowest BCUT2D eigenvalue weighted by Crippen LogP contribution is -2.44. The molecule has 28 heavy (non-hydrogen) atoms. The van der Waals surface area contributed by atoms with Gasteiger partial charge in [-0.3, -0.25) is 4.90 Å².